The molecule has 0 amide bonds. The maximum atomic E-state index is 5.66. The molecule has 1 aromatic carbocycles. The fraction of sp³-hybridized carbons (Fsp3) is 0.267. The van der Waals surface area contributed by atoms with Crippen molar-refractivity contribution < 1.29 is 0 Å². The summed E-state index contributed by atoms with van der Waals surface area (Å²) in [6.45, 7) is 3.73. The molecule has 0 unspecified atom stereocenters. The van der Waals surface area contributed by atoms with Crippen molar-refractivity contribution in [1.82, 2.24) is 9.55 Å². The second kappa shape index (κ2) is 5.15. The summed E-state index contributed by atoms with van der Waals surface area (Å²) in [4.78, 5) is 7.31. The molecule has 3 aromatic rings. The van der Waals surface area contributed by atoms with Crippen LogP contribution in [0.25, 0.3) is 11.0 Å². The van der Waals surface area contributed by atoms with Crippen LogP contribution in [0, 0.1) is 0 Å². The first kappa shape index (κ1) is 12.4. The Morgan fingerprint density at radius 1 is 1.16 bits per heavy atom. The van der Waals surface area contributed by atoms with Crippen molar-refractivity contribution in [1.29, 1.82) is 0 Å². The van der Waals surface area contributed by atoms with E-state index in [4.69, 9.17) is 10.7 Å². The molecule has 19 heavy (non-hydrogen) atoms. The van der Waals surface area contributed by atoms with Gasteiger partial charge in [0.1, 0.15) is 5.82 Å². The number of thiophene rings is 1. The molecule has 0 bridgehead atoms. The first-order valence-corrected chi connectivity index (χ1v) is 7.35. The van der Waals surface area contributed by atoms with Gasteiger partial charge in [-0.15, -0.1) is 11.3 Å². The van der Waals surface area contributed by atoms with E-state index in [2.05, 4.69) is 41.8 Å². The van der Waals surface area contributed by atoms with E-state index in [-0.39, 0.29) is 0 Å². The van der Waals surface area contributed by atoms with E-state index < -0.39 is 0 Å². The van der Waals surface area contributed by atoms with Crippen LogP contribution in [-0.2, 0) is 19.5 Å². The molecule has 0 fully saturated rings. The summed E-state index contributed by atoms with van der Waals surface area (Å²) in [7, 11) is 0. The Morgan fingerprint density at radius 3 is 2.68 bits per heavy atom. The van der Waals surface area contributed by atoms with Gasteiger partial charge < -0.3 is 10.3 Å². The van der Waals surface area contributed by atoms with E-state index in [1.54, 1.807) is 11.3 Å². The Bertz CT molecular complexity index is 696. The van der Waals surface area contributed by atoms with Gasteiger partial charge in [0.25, 0.3) is 0 Å². The van der Waals surface area contributed by atoms with E-state index in [1.807, 2.05) is 6.07 Å². The van der Waals surface area contributed by atoms with Crippen molar-refractivity contribution >= 4 is 22.4 Å². The van der Waals surface area contributed by atoms with E-state index >= 15 is 0 Å². The Balaban J connectivity index is 1.99. The summed E-state index contributed by atoms with van der Waals surface area (Å²) in [6, 6.07) is 12.6. The van der Waals surface area contributed by atoms with Gasteiger partial charge in [-0.1, -0.05) is 12.1 Å². The van der Waals surface area contributed by atoms with Crippen LogP contribution in [0.3, 0.4) is 0 Å². The highest BCUT2D eigenvalue weighted by Crippen LogP contribution is 2.22. The lowest BCUT2D eigenvalue weighted by molar-refractivity contribution is 0.736. The Morgan fingerprint density at radius 2 is 1.95 bits per heavy atom. The van der Waals surface area contributed by atoms with E-state index in [0.29, 0.717) is 6.54 Å². The van der Waals surface area contributed by atoms with Gasteiger partial charge in [-0.05, 0) is 31.2 Å². The topological polar surface area (TPSA) is 43.8 Å². The molecule has 3 nitrogen and oxygen atoms in total. The minimum atomic E-state index is 0.620. The third kappa shape index (κ3) is 2.29. The van der Waals surface area contributed by atoms with Crippen LogP contribution in [0.1, 0.15) is 22.5 Å². The van der Waals surface area contributed by atoms with Crippen LogP contribution in [0.4, 0.5) is 0 Å². The number of para-hydroxylation sites is 2. The molecule has 0 saturated carbocycles. The molecule has 0 spiro atoms. The average Bonchev–Trinajstić information content (AvgIpc) is 3.02. The van der Waals surface area contributed by atoms with Crippen molar-refractivity contribution in [2.45, 2.75) is 26.4 Å². The molecular weight excluding hydrogens is 254 g/mol. The molecule has 4 heteroatoms. The van der Waals surface area contributed by atoms with E-state index in [0.717, 1.165) is 24.3 Å². The Kier molecular flexibility index (Phi) is 3.36. The largest absolute Gasteiger partial charge is 0.328 e. The second-order valence-corrected chi connectivity index (χ2v) is 5.76. The molecule has 0 aliphatic rings. The van der Waals surface area contributed by atoms with Gasteiger partial charge in [-0.25, -0.2) is 4.98 Å². The Hall–Kier alpha value is -1.65. The lowest BCUT2D eigenvalue weighted by Gasteiger charge is -2.04. The summed E-state index contributed by atoms with van der Waals surface area (Å²) >= 11 is 1.78. The quantitative estimate of drug-likeness (QED) is 0.792. The molecule has 2 N–H and O–H groups in total. The number of hydrogen-bond acceptors (Lipinski definition) is 3. The number of benzene rings is 1. The van der Waals surface area contributed by atoms with E-state index in [9.17, 15) is 0 Å². The fourth-order valence-corrected chi connectivity index (χ4v) is 3.29. The van der Waals surface area contributed by atoms with Crippen LogP contribution >= 0.6 is 11.3 Å². The number of nitrogens with zero attached hydrogens (tertiary/aromatic N) is 2. The minimum Gasteiger partial charge on any atom is -0.328 e. The van der Waals surface area contributed by atoms with Crippen LogP contribution < -0.4 is 5.73 Å². The SMILES string of the molecule is CCn1c(Cc2ccc(CN)s2)nc2ccccc21. The third-order valence-corrected chi connectivity index (χ3v) is 4.41. The first-order valence-electron chi connectivity index (χ1n) is 6.53. The van der Waals surface area contributed by atoms with Gasteiger partial charge in [-0.2, -0.15) is 0 Å². The summed E-state index contributed by atoms with van der Waals surface area (Å²) in [5, 5.41) is 0. The monoisotopic (exact) mass is 271 g/mol. The molecule has 0 radical (unpaired) electrons. The molecule has 3 rings (SSSR count). The summed E-state index contributed by atoms with van der Waals surface area (Å²) in [6.07, 6.45) is 0.882. The fourth-order valence-electron chi connectivity index (χ4n) is 2.40. The van der Waals surface area contributed by atoms with Gasteiger partial charge in [0.15, 0.2) is 0 Å². The normalized spacial score (nSPS) is 11.3. The molecular formula is C15H17N3S. The zero-order chi connectivity index (χ0) is 13.2. The Labute approximate surface area is 116 Å². The van der Waals surface area contributed by atoms with Gasteiger partial charge in [0.05, 0.1) is 11.0 Å². The van der Waals surface area contributed by atoms with Crippen molar-refractivity contribution in [2.75, 3.05) is 0 Å². The molecule has 2 aromatic heterocycles. The highest BCUT2D eigenvalue weighted by atomic mass is 32.1. The number of nitrogens with two attached hydrogens (primary N) is 1. The maximum Gasteiger partial charge on any atom is 0.115 e. The van der Waals surface area contributed by atoms with Gasteiger partial charge in [0, 0.05) is 29.3 Å². The minimum absolute atomic E-state index is 0.620. The third-order valence-electron chi connectivity index (χ3n) is 3.30. The smallest absolute Gasteiger partial charge is 0.115 e. The number of hydrogen-bond donors (Lipinski definition) is 1. The molecule has 2 heterocycles. The molecule has 0 atom stereocenters. The highest BCUT2D eigenvalue weighted by Gasteiger charge is 2.10. The number of aryl methyl sites for hydroxylation is 1. The van der Waals surface area contributed by atoms with Crippen molar-refractivity contribution in [3.8, 4) is 0 Å². The van der Waals surface area contributed by atoms with Crippen LogP contribution in [0.5, 0.6) is 0 Å². The van der Waals surface area contributed by atoms with Gasteiger partial charge >= 0.3 is 0 Å². The summed E-state index contributed by atoms with van der Waals surface area (Å²) < 4.78 is 2.29. The zero-order valence-corrected chi connectivity index (χ0v) is 11.8. The van der Waals surface area contributed by atoms with Gasteiger partial charge in [0.2, 0.25) is 0 Å². The highest BCUT2D eigenvalue weighted by molar-refractivity contribution is 7.12. The van der Waals surface area contributed by atoms with Gasteiger partial charge in [-0.3, -0.25) is 0 Å². The maximum absolute atomic E-state index is 5.66. The first-order chi connectivity index (χ1) is 9.31. The van der Waals surface area contributed by atoms with E-state index in [1.165, 1.54) is 15.3 Å². The molecule has 0 aliphatic carbocycles. The molecule has 98 valence electrons. The van der Waals surface area contributed by atoms with Crippen molar-refractivity contribution in [3.63, 3.8) is 0 Å². The number of aromatic nitrogens is 2. The predicted molar refractivity (Wildman–Crippen MR) is 80.4 cm³/mol. The number of rotatable bonds is 4. The molecule has 0 aliphatic heterocycles. The standard InChI is InChI=1S/C15H17N3S/c1-2-18-14-6-4-3-5-13(14)17-15(18)9-11-7-8-12(10-16)19-11/h3-8H,2,9-10,16H2,1H3. The van der Waals surface area contributed by atoms with Crippen molar-refractivity contribution in [3.05, 3.63) is 52.0 Å². The molecule has 0 saturated heterocycles. The van der Waals surface area contributed by atoms with Crippen LogP contribution in [0.2, 0.25) is 0 Å². The second-order valence-electron chi connectivity index (χ2n) is 4.51. The zero-order valence-electron chi connectivity index (χ0n) is 11.0. The lowest BCUT2D eigenvalue weighted by atomic mass is 10.3. The summed E-state index contributed by atoms with van der Waals surface area (Å²) in [5.74, 6) is 1.13. The summed E-state index contributed by atoms with van der Waals surface area (Å²) in [5.41, 5.74) is 7.96. The van der Waals surface area contributed by atoms with Crippen LogP contribution in [0.15, 0.2) is 36.4 Å². The van der Waals surface area contributed by atoms with Crippen molar-refractivity contribution in [2.24, 2.45) is 5.73 Å². The average molecular weight is 271 g/mol. The lowest BCUT2D eigenvalue weighted by Crippen LogP contribution is -2.01. The van der Waals surface area contributed by atoms with Crippen LogP contribution in [-0.4, -0.2) is 9.55 Å². The predicted octanol–water partition coefficient (Wildman–Crippen LogP) is 3.17. The number of fused-ring (bicyclic) bond motifs is 1. The number of imidazole rings is 1.